The van der Waals surface area contributed by atoms with Crippen molar-refractivity contribution in [2.24, 2.45) is 5.92 Å². The minimum absolute atomic E-state index is 0.0353. The standard InChI is InChI=1S/C15H16N2O/c18-15(16-13-5-2-1-3-6-13)14-7-4-10-17(14)11-12-8-9-12/h1-7,10,12H,8-9,11H2,(H,16,18). The van der Waals surface area contributed by atoms with Crippen LogP contribution in [0.1, 0.15) is 23.3 Å². The quantitative estimate of drug-likeness (QED) is 0.875. The van der Waals surface area contributed by atoms with Crippen molar-refractivity contribution in [3.8, 4) is 0 Å². The van der Waals surface area contributed by atoms with Crippen LogP contribution in [0.4, 0.5) is 5.69 Å². The zero-order valence-electron chi connectivity index (χ0n) is 10.2. The minimum Gasteiger partial charge on any atom is -0.343 e. The van der Waals surface area contributed by atoms with Crippen molar-refractivity contribution >= 4 is 11.6 Å². The van der Waals surface area contributed by atoms with Gasteiger partial charge in [-0.1, -0.05) is 18.2 Å². The molecule has 1 amide bonds. The van der Waals surface area contributed by atoms with Crippen LogP contribution in [0, 0.1) is 5.92 Å². The molecule has 0 spiro atoms. The molecule has 1 aliphatic rings. The number of nitrogens with zero attached hydrogens (tertiary/aromatic N) is 1. The van der Waals surface area contributed by atoms with E-state index in [0.29, 0.717) is 0 Å². The average Bonchev–Trinajstić information content (AvgIpc) is 3.06. The zero-order valence-corrected chi connectivity index (χ0v) is 10.2. The fourth-order valence-corrected chi connectivity index (χ4v) is 2.07. The Kier molecular flexibility index (Phi) is 2.89. The smallest absolute Gasteiger partial charge is 0.272 e. The lowest BCUT2D eigenvalue weighted by molar-refractivity contribution is 0.101. The van der Waals surface area contributed by atoms with Gasteiger partial charge in [0.15, 0.2) is 0 Å². The van der Waals surface area contributed by atoms with Crippen molar-refractivity contribution in [3.63, 3.8) is 0 Å². The van der Waals surface area contributed by atoms with Crippen LogP contribution in [0.3, 0.4) is 0 Å². The highest BCUT2D eigenvalue weighted by atomic mass is 16.1. The molecule has 1 aliphatic carbocycles. The third kappa shape index (κ3) is 2.45. The summed E-state index contributed by atoms with van der Waals surface area (Å²) in [5, 5.41) is 2.92. The molecule has 1 aromatic carbocycles. The van der Waals surface area contributed by atoms with E-state index in [4.69, 9.17) is 0 Å². The first-order valence-corrected chi connectivity index (χ1v) is 6.34. The fraction of sp³-hybridized carbons (Fsp3) is 0.267. The summed E-state index contributed by atoms with van der Waals surface area (Å²) in [4.78, 5) is 12.2. The van der Waals surface area contributed by atoms with Gasteiger partial charge in [-0.2, -0.15) is 0 Å². The van der Waals surface area contributed by atoms with Gasteiger partial charge in [0.1, 0.15) is 5.69 Å². The van der Waals surface area contributed by atoms with Gasteiger partial charge in [-0.25, -0.2) is 0 Å². The molecule has 1 heterocycles. The number of hydrogen-bond donors (Lipinski definition) is 1. The summed E-state index contributed by atoms with van der Waals surface area (Å²) in [5.41, 5.74) is 1.58. The predicted molar refractivity (Wildman–Crippen MR) is 71.6 cm³/mol. The van der Waals surface area contributed by atoms with E-state index in [1.54, 1.807) is 0 Å². The Balaban J connectivity index is 1.73. The molecule has 0 atom stereocenters. The molecule has 0 radical (unpaired) electrons. The monoisotopic (exact) mass is 240 g/mol. The van der Waals surface area contributed by atoms with Gasteiger partial charge in [-0.15, -0.1) is 0 Å². The molecule has 18 heavy (non-hydrogen) atoms. The van der Waals surface area contributed by atoms with Crippen LogP contribution in [0.5, 0.6) is 0 Å². The second-order valence-electron chi connectivity index (χ2n) is 4.81. The molecular formula is C15H16N2O. The number of rotatable bonds is 4. The highest BCUT2D eigenvalue weighted by Crippen LogP contribution is 2.31. The molecule has 0 bridgehead atoms. The first-order valence-electron chi connectivity index (χ1n) is 6.34. The molecule has 0 saturated heterocycles. The lowest BCUT2D eigenvalue weighted by atomic mass is 10.3. The van der Waals surface area contributed by atoms with Gasteiger partial charge in [-0.3, -0.25) is 4.79 Å². The van der Waals surface area contributed by atoms with E-state index in [-0.39, 0.29) is 5.91 Å². The molecule has 92 valence electrons. The van der Waals surface area contributed by atoms with Crippen LogP contribution in [0.2, 0.25) is 0 Å². The predicted octanol–water partition coefficient (Wildman–Crippen LogP) is 3.15. The lowest BCUT2D eigenvalue weighted by Gasteiger charge is -2.09. The van der Waals surface area contributed by atoms with Gasteiger partial charge in [0, 0.05) is 18.4 Å². The summed E-state index contributed by atoms with van der Waals surface area (Å²) >= 11 is 0. The number of anilines is 1. The van der Waals surface area contributed by atoms with E-state index in [1.165, 1.54) is 12.8 Å². The van der Waals surface area contributed by atoms with Crippen LogP contribution in [0.15, 0.2) is 48.7 Å². The summed E-state index contributed by atoms with van der Waals surface area (Å²) < 4.78 is 2.05. The number of nitrogens with one attached hydrogen (secondary N) is 1. The van der Waals surface area contributed by atoms with Crippen LogP contribution >= 0.6 is 0 Å². The summed E-state index contributed by atoms with van der Waals surface area (Å²) in [5.74, 6) is 0.729. The highest BCUT2D eigenvalue weighted by molar-refractivity contribution is 6.03. The van der Waals surface area contributed by atoms with Crippen molar-refractivity contribution in [2.45, 2.75) is 19.4 Å². The Morgan fingerprint density at radius 1 is 1.17 bits per heavy atom. The van der Waals surface area contributed by atoms with E-state index in [0.717, 1.165) is 23.8 Å². The maximum atomic E-state index is 12.2. The van der Waals surface area contributed by atoms with E-state index < -0.39 is 0 Å². The normalized spacial score (nSPS) is 14.4. The molecule has 1 N–H and O–H groups in total. The van der Waals surface area contributed by atoms with Gasteiger partial charge in [0.2, 0.25) is 0 Å². The van der Waals surface area contributed by atoms with Crippen LogP contribution in [-0.2, 0) is 6.54 Å². The fourth-order valence-electron chi connectivity index (χ4n) is 2.07. The van der Waals surface area contributed by atoms with E-state index in [2.05, 4.69) is 9.88 Å². The van der Waals surface area contributed by atoms with Gasteiger partial charge in [-0.05, 0) is 43.0 Å². The third-order valence-electron chi connectivity index (χ3n) is 3.25. The van der Waals surface area contributed by atoms with E-state index in [9.17, 15) is 4.79 Å². The lowest BCUT2D eigenvalue weighted by Crippen LogP contribution is -2.17. The van der Waals surface area contributed by atoms with E-state index in [1.807, 2.05) is 48.7 Å². The highest BCUT2D eigenvalue weighted by Gasteiger charge is 2.23. The SMILES string of the molecule is O=C(Nc1ccccc1)c1cccn1CC1CC1. The number of hydrogen-bond acceptors (Lipinski definition) is 1. The Bertz CT molecular complexity index is 541. The van der Waals surface area contributed by atoms with Crippen molar-refractivity contribution in [2.75, 3.05) is 5.32 Å². The molecule has 3 heteroatoms. The molecule has 1 aromatic heterocycles. The Morgan fingerprint density at radius 2 is 1.94 bits per heavy atom. The molecule has 1 saturated carbocycles. The molecule has 0 unspecified atom stereocenters. The second-order valence-corrected chi connectivity index (χ2v) is 4.81. The Morgan fingerprint density at radius 3 is 2.67 bits per heavy atom. The van der Waals surface area contributed by atoms with Gasteiger partial charge in [0.05, 0.1) is 0 Å². The first kappa shape index (κ1) is 11.1. The zero-order chi connectivity index (χ0) is 12.4. The maximum Gasteiger partial charge on any atom is 0.272 e. The van der Waals surface area contributed by atoms with Crippen molar-refractivity contribution in [3.05, 3.63) is 54.4 Å². The number of aromatic nitrogens is 1. The van der Waals surface area contributed by atoms with Crippen LogP contribution < -0.4 is 5.32 Å². The number of amides is 1. The molecule has 3 nitrogen and oxygen atoms in total. The topological polar surface area (TPSA) is 34.0 Å². The van der Waals surface area contributed by atoms with E-state index >= 15 is 0 Å². The van der Waals surface area contributed by atoms with Crippen molar-refractivity contribution in [1.82, 2.24) is 4.57 Å². The summed E-state index contributed by atoms with van der Waals surface area (Å²) in [6, 6.07) is 13.4. The first-order chi connectivity index (χ1) is 8.83. The molecule has 1 fully saturated rings. The maximum absolute atomic E-state index is 12.2. The summed E-state index contributed by atoms with van der Waals surface area (Å²) in [6.07, 6.45) is 4.56. The molecule has 0 aliphatic heterocycles. The largest absolute Gasteiger partial charge is 0.343 e. The number of para-hydroxylation sites is 1. The second kappa shape index (κ2) is 4.69. The molecule has 2 aromatic rings. The minimum atomic E-state index is -0.0353. The Labute approximate surface area is 106 Å². The van der Waals surface area contributed by atoms with Gasteiger partial charge in [0.25, 0.3) is 5.91 Å². The summed E-state index contributed by atoms with van der Waals surface area (Å²) in [6.45, 7) is 0.963. The summed E-state index contributed by atoms with van der Waals surface area (Å²) in [7, 11) is 0. The third-order valence-corrected chi connectivity index (χ3v) is 3.25. The number of carbonyl (C=O) groups is 1. The van der Waals surface area contributed by atoms with Gasteiger partial charge >= 0.3 is 0 Å². The van der Waals surface area contributed by atoms with Crippen molar-refractivity contribution < 1.29 is 4.79 Å². The van der Waals surface area contributed by atoms with Gasteiger partial charge < -0.3 is 9.88 Å². The van der Waals surface area contributed by atoms with Crippen LogP contribution in [0.25, 0.3) is 0 Å². The number of carbonyl (C=O) groups excluding carboxylic acids is 1. The Hall–Kier alpha value is -2.03. The van der Waals surface area contributed by atoms with Crippen LogP contribution in [-0.4, -0.2) is 10.5 Å². The molecule has 3 rings (SSSR count). The molecular weight excluding hydrogens is 224 g/mol. The van der Waals surface area contributed by atoms with Crippen molar-refractivity contribution in [1.29, 1.82) is 0 Å². The number of benzene rings is 1. The average molecular weight is 240 g/mol.